The van der Waals surface area contributed by atoms with Crippen molar-refractivity contribution in [3.05, 3.63) is 29.1 Å². The number of aliphatic imine (C=N–C) groups is 1. The molecule has 2 aliphatic rings. The number of hydrogen-bond acceptors (Lipinski definition) is 6. The first-order valence-corrected chi connectivity index (χ1v) is 8.53. The molecular formula is C18H25N3O3. The number of ether oxygens (including phenoxy) is 2. The second-order valence-electron chi connectivity index (χ2n) is 6.55. The van der Waals surface area contributed by atoms with E-state index in [1.54, 1.807) is 7.11 Å². The van der Waals surface area contributed by atoms with Gasteiger partial charge in [0.2, 0.25) is 0 Å². The lowest BCUT2D eigenvalue weighted by Crippen LogP contribution is -2.40. The lowest BCUT2D eigenvalue weighted by molar-refractivity contribution is -0.119. The molecule has 1 atom stereocenters. The van der Waals surface area contributed by atoms with Crippen LogP contribution in [0.2, 0.25) is 0 Å². The molecule has 0 N–H and O–H groups in total. The highest BCUT2D eigenvalue weighted by Crippen LogP contribution is 2.22. The SMILES string of the molecule is COC[C@@H](C)CC(=O)Cc1cc2c(cn1)C(N1CCOCC1)=NC2. The molecule has 6 nitrogen and oxygen atoms in total. The average molecular weight is 331 g/mol. The number of Topliss-reactive ketones (excluding diaryl/α,β-unsaturated/α-hetero) is 1. The summed E-state index contributed by atoms with van der Waals surface area (Å²) in [6.07, 6.45) is 2.79. The van der Waals surface area contributed by atoms with Crippen LogP contribution in [-0.2, 0) is 27.2 Å². The maximum absolute atomic E-state index is 12.2. The molecule has 0 unspecified atom stereocenters. The van der Waals surface area contributed by atoms with Gasteiger partial charge in [0.25, 0.3) is 0 Å². The quantitative estimate of drug-likeness (QED) is 0.790. The van der Waals surface area contributed by atoms with Gasteiger partial charge in [-0.3, -0.25) is 14.8 Å². The number of amidine groups is 1. The first-order chi connectivity index (χ1) is 11.7. The van der Waals surface area contributed by atoms with Gasteiger partial charge in [0, 0.05) is 57.1 Å². The van der Waals surface area contributed by atoms with E-state index in [9.17, 15) is 4.79 Å². The zero-order valence-corrected chi connectivity index (χ0v) is 14.5. The van der Waals surface area contributed by atoms with Crippen molar-refractivity contribution in [3.63, 3.8) is 0 Å². The van der Waals surface area contributed by atoms with E-state index in [0.717, 1.165) is 43.4 Å². The number of nitrogens with zero attached hydrogens (tertiary/aromatic N) is 3. The van der Waals surface area contributed by atoms with Crippen LogP contribution in [0.4, 0.5) is 0 Å². The molecule has 0 aliphatic carbocycles. The van der Waals surface area contributed by atoms with Gasteiger partial charge in [-0.25, -0.2) is 0 Å². The third kappa shape index (κ3) is 3.99. The van der Waals surface area contributed by atoms with Crippen LogP contribution < -0.4 is 0 Å². The van der Waals surface area contributed by atoms with E-state index in [-0.39, 0.29) is 11.7 Å². The molecule has 2 aliphatic heterocycles. The number of aromatic nitrogens is 1. The number of carbonyl (C=O) groups excluding carboxylic acids is 1. The smallest absolute Gasteiger partial charge is 0.139 e. The van der Waals surface area contributed by atoms with Gasteiger partial charge in [-0.05, 0) is 17.5 Å². The van der Waals surface area contributed by atoms with Gasteiger partial charge >= 0.3 is 0 Å². The van der Waals surface area contributed by atoms with Crippen LogP contribution in [0.25, 0.3) is 0 Å². The number of hydrogen-bond donors (Lipinski definition) is 0. The Balaban J connectivity index is 1.62. The Kier molecular flexibility index (Phi) is 5.58. The minimum Gasteiger partial charge on any atom is -0.384 e. The summed E-state index contributed by atoms with van der Waals surface area (Å²) < 4.78 is 10.5. The van der Waals surface area contributed by atoms with Gasteiger partial charge in [0.05, 0.1) is 19.8 Å². The normalized spacial score (nSPS) is 18.2. The molecule has 1 fully saturated rings. The van der Waals surface area contributed by atoms with Gasteiger partial charge in [-0.1, -0.05) is 6.92 Å². The van der Waals surface area contributed by atoms with Gasteiger partial charge in [-0.2, -0.15) is 0 Å². The maximum atomic E-state index is 12.2. The van der Waals surface area contributed by atoms with Crippen molar-refractivity contribution in [1.29, 1.82) is 0 Å². The molecule has 1 aromatic heterocycles. The van der Waals surface area contributed by atoms with Gasteiger partial charge in [-0.15, -0.1) is 0 Å². The molecule has 1 aromatic rings. The van der Waals surface area contributed by atoms with Crippen molar-refractivity contribution in [1.82, 2.24) is 9.88 Å². The first kappa shape index (κ1) is 17.0. The van der Waals surface area contributed by atoms with Crippen molar-refractivity contribution in [2.45, 2.75) is 26.3 Å². The average Bonchev–Trinajstić information content (AvgIpc) is 2.99. The van der Waals surface area contributed by atoms with E-state index < -0.39 is 0 Å². The van der Waals surface area contributed by atoms with Crippen LogP contribution in [0.15, 0.2) is 17.3 Å². The van der Waals surface area contributed by atoms with E-state index >= 15 is 0 Å². The Morgan fingerprint density at radius 2 is 2.21 bits per heavy atom. The molecule has 0 amide bonds. The molecule has 130 valence electrons. The largest absolute Gasteiger partial charge is 0.384 e. The molecule has 0 saturated carbocycles. The number of pyridine rings is 1. The number of methoxy groups -OCH3 is 1. The summed E-state index contributed by atoms with van der Waals surface area (Å²) in [5.41, 5.74) is 3.10. The maximum Gasteiger partial charge on any atom is 0.139 e. The summed E-state index contributed by atoms with van der Waals surface area (Å²) in [6.45, 7) is 6.54. The second kappa shape index (κ2) is 7.85. The van der Waals surface area contributed by atoms with Crippen molar-refractivity contribution >= 4 is 11.6 Å². The van der Waals surface area contributed by atoms with Gasteiger partial charge in [0.15, 0.2) is 0 Å². The monoisotopic (exact) mass is 331 g/mol. The predicted octanol–water partition coefficient (Wildman–Crippen LogP) is 1.46. The van der Waals surface area contributed by atoms with E-state index in [1.807, 2.05) is 19.2 Å². The Hall–Kier alpha value is -1.79. The van der Waals surface area contributed by atoms with Crippen molar-refractivity contribution in [3.8, 4) is 0 Å². The van der Waals surface area contributed by atoms with Gasteiger partial charge < -0.3 is 14.4 Å². The van der Waals surface area contributed by atoms with Crippen molar-refractivity contribution in [2.75, 3.05) is 40.0 Å². The minimum atomic E-state index is 0.208. The van der Waals surface area contributed by atoms with Gasteiger partial charge in [0.1, 0.15) is 11.6 Å². The molecule has 6 heteroatoms. The molecule has 3 heterocycles. The number of rotatable bonds is 6. The number of carbonyl (C=O) groups is 1. The lowest BCUT2D eigenvalue weighted by Gasteiger charge is -2.28. The van der Waals surface area contributed by atoms with Crippen molar-refractivity contribution < 1.29 is 14.3 Å². The fourth-order valence-electron chi connectivity index (χ4n) is 3.27. The van der Waals surface area contributed by atoms with Crippen LogP contribution in [0, 0.1) is 5.92 Å². The lowest BCUT2D eigenvalue weighted by atomic mass is 10.0. The Labute approximate surface area is 142 Å². The number of morpholine rings is 1. The molecule has 0 radical (unpaired) electrons. The fourth-order valence-corrected chi connectivity index (χ4v) is 3.27. The molecule has 0 spiro atoms. The highest BCUT2D eigenvalue weighted by Gasteiger charge is 2.24. The third-order valence-corrected chi connectivity index (χ3v) is 4.40. The van der Waals surface area contributed by atoms with E-state index in [0.29, 0.717) is 26.0 Å². The summed E-state index contributed by atoms with van der Waals surface area (Å²) in [5, 5.41) is 0. The minimum absolute atomic E-state index is 0.208. The molecule has 0 aromatic carbocycles. The highest BCUT2D eigenvalue weighted by atomic mass is 16.5. The van der Waals surface area contributed by atoms with Crippen LogP contribution in [-0.4, -0.2) is 61.5 Å². The van der Waals surface area contributed by atoms with E-state index in [1.165, 1.54) is 5.56 Å². The molecule has 3 rings (SSSR count). The zero-order chi connectivity index (χ0) is 16.9. The summed E-state index contributed by atoms with van der Waals surface area (Å²) >= 11 is 0. The van der Waals surface area contributed by atoms with Crippen LogP contribution in [0.1, 0.15) is 30.2 Å². The Morgan fingerprint density at radius 1 is 1.42 bits per heavy atom. The van der Waals surface area contributed by atoms with Crippen LogP contribution >= 0.6 is 0 Å². The summed E-state index contributed by atoms with van der Waals surface area (Å²) in [5.74, 6) is 1.47. The Bertz CT molecular complexity index is 624. The predicted molar refractivity (Wildman–Crippen MR) is 91.2 cm³/mol. The summed E-state index contributed by atoms with van der Waals surface area (Å²) in [4.78, 5) is 23.6. The number of fused-ring (bicyclic) bond motifs is 1. The van der Waals surface area contributed by atoms with E-state index in [2.05, 4.69) is 14.9 Å². The third-order valence-electron chi connectivity index (χ3n) is 4.40. The zero-order valence-electron chi connectivity index (χ0n) is 14.5. The Morgan fingerprint density at radius 3 is 2.96 bits per heavy atom. The topological polar surface area (TPSA) is 64.0 Å². The molecule has 24 heavy (non-hydrogen) atoms. The molecule has 1 saturated heterocycles. The summed E-state index contributed by atoms with van der Waals surface area (Å²) in [7, 11) is 1.66. The van der Waals surface area contributed by atoms with Crippen molar-refractivity contribution in [2.24, 2.45) is 10.9 Å². The standard InChI is InChI=1S/C18H25N3O3/c1-13(12-23-2)7-16(22)9-15-8-14-10-20-18(17(14)11-19-15)21-3-5-24-6-4-21/h8,11,13H,3-7,9-10,12H2,1-2H3/t13-/m0/s1. The molecule has 0 bridgehead atoms. The fraction of sp³-hybridized carbons (Fsp3) is 0.611. The first-order valence-electron chi connectivity index (χ1n) is 8.53. The van der Waals surface area contributed by atoms with Crippen LogP contribution in [0.3, 0.4) is 0 Å². The molecular weight excluding hydrogens is 306 g/mol. The summed E-state index contributed by atoms with van der Waals surface area (Å²) in [6, 6.07) is 2.03. The van der Waals surface area contributed by atoms with Crippen LogP contribution in [0.5, 0.6) is 0 Å². The second-order valence-corrected chi connectivity index (χ2v) is 6.55. The number of ketones is 1. The van der Waals surface area contributed by atoms with E-state index in [4.69, 9.17) is 9.47 Å². The highest BCUT2D eigenvalue weighted by molar-refractivity contribution is 6.01.